The van der Waals surface area contributed by atoms with Crippen LogP contribution < -0.4 is 0 Å². The molecule has 174 valence electrons. The molecular weight excluding hydrogens is 454 g/mol. The second-order valence-electron chi connectivity index (χ2n) is 8.97. The Morgan fingerprint density at radius 1 is 1.12 bits per heavy atom. The van der Waals surface area contributed by atoms with Gasteiger partial charge in [-0.2, -0.15) is 5.10 Å². The normalized spacial score (nSPS) is 17.9. The fourth-order valence-corrected chi connectivity index (χ4v) is 5.15. The third-order valence-electron chi connectivity index (χ3n) is 6.96. The zero-order valence-corrected chi connectivity index (χ0v) is 19.2. The number of phenols is 1. The number of rotatable bonds is 4. The second kappa shape index (κ2) is 8.41. The number of nitrogens with zero attached hydrogens (tertiary/aromatic N) is 6. The molecule has 9 nitrogen and oxygen atoms in total. The van der Waals surface area contributed by atoms with Crippen molar-refractivity contribution in [1.82, 2.24) is 34.5 Å². The number of likely N-dealkylation sites (tertiary alicyclic amines) is 2. The van der Waals surface area contributed by atoms with Crippen molar-refractivity contribution in [2.45, 2.75) is 24.9 Å². The standard InChI is InChI=1S/C24H24ClN7O2/c25-20-9-15(1-2-21(20)33)24(34)30-7-4-17(5-8-30)31-12-18(13-31)32-11-16(10-29-32)22-19-3-6-26-23(19)28-14-27-22/h1-3,6,9-11,14,17-18,33H,4-5,7-8,12-13H2,(H,26,27,28). The van der Waals surface area contributed by atoms with Crippen LogP contribution in [0.25, 0.3) is 22.3 Å². The lowest BCUT2D eigenvalue weighted by Crippen LogP contribution is -2.56. The number of phenolic OH excluding ortho intramolecular Hbond substituents is 1. The van der Waals surface area contributed by atoms with E-state index in [0.717, 1.165) is 61.3 Å². The van der Waals surface area contributed by atoms with Crippen LogP contribution in [0.15, 0.2) is 49.2 Å². The summed E-state index contributed by atoms with van der Waals surface area (Å²) in [6, 6.07) is 7.43. The summed E-state index contributed by atoms with van der Waals surface area (Å²) in [6.45, 7) is 3.35. The van der Waals surface area contributed by atoms with E-state index in [4.69, 9.17) is 11.6 Å². The predicted molar refractivity (Wildman–Crippen MR) is 128 cm³/mol. The average molecular weight is 478 g/mol. The van der Waals surface area contributed by atoms with E-state index in [1.807, 2.05) is 28.0 Å². The number of fused-ring (bicyclic) bond motifs is 1. The number of aromatic nitrogens is 5. The molecule has 1 aromatic carbocycles. The summed E-state index contributed by atoms with van der Waals surface area (Å²) in [7, 11) is 0. The summed E-state index contributed by atoms with van der Waals surface area (Å²) in [5, 5.41) is 15.4. The Morgan fingerprint density at radius 2 is 1.94 bits per heavy atom. The van der Waals surface area contributed by atoms with Gasteiger partial charge in [-0.3, -0.25) is 14.4 Å². The zero-order chi connectivity index (χ0) is 23.2. The van der Waals surface area contributed by atoms with Gasteiger partial charge in [0.2, 0.25) is 0 Å². The molecule has 2 aliphatic heterocycles. The maximum atomic E-state index is 12.8. The van der Waals surface area contributed by atoms with Gasteiger partial charge < -0.3 is 15.0 Å². The highest BCUT2D eigenvalue weighted by Gasteiger charge is 2.36. The zero-order valence-electron chi connectivity index (χ0n) is 18.4. The van der Waals surface area contributed by atoms with Gasteiger partial charge in [0.25, 0.3) is 5.91 Å². The SMILES string of the molecule is O=C(c1ccc(O)c(Cl)c1)N1CCC(N2CC(n3cc(-c4ncnc5[nH]ccc45)cn3)C2)CC1. The number of benzene rings is 1. The molecule has 2 N–H and O–H groups in total. The summed E-state index contributed by atoms with van der Waals surface area (Å²) in [5.74, 6) is -0.0458. The summed E-state index contributed by atoms with van der Waals surface area (Å²) in [6.07, 6.45) is 9.28. The van der Waals surface area contributed by atoms with Gasteiger partial charge in [0.15, 0.2) is 0 Å². The summed E-state index contributed by atoms with van der Waals surface area (Å²) in [4.78, 5) is 29.0. The summed E-state index contributed by atoms with van der Waals surface area (Å²) < 4.78 is 2.04. The van der Waals surface area contributed by atoms with Gasteiger partial charge in [-0.15, -0.1) is 0 Å². The van der Waals surface area contributed by atoms with Crippen LogP contribution in [0.4, 0.5) is 0 Å². The van der Waals surface area contributed by atoms with Crippen LogP contribution in [0.2, 0.25) is 5.02 Å². The lowest BCUT2D eigenvalue weighted by Gasteiger charge is -2.47. The number of carbonyl (C=O) groups is 1. The number of hydrogen-bond donors (Lipinski definition) is 2. The van der Waals surface area contributed by atoms with Gasteiger partial charge in [0, 0.05) is 61.1 Å². The van der Waals surface area contributed by atoms with Gasteiger partial charge in [-0.25, -0.2) is 9.97 Å². The maximum Gasteiger partial charge on any atom is 0.253 e. The molecule has 2 saturated heterocycles. The average Bonchev–Trinajstić information content (AvgIpc) is 3.50. The molecule has 2 aliphatic rings. The molecule has 0 saturated carbocycles. The molecule has 0 radical (unpaired) electrons. The Balaban J connectivity index is 1.05. The number of aromatic hydroxyl groups is 1. The fourth-order valence-electron chi connectivity index (χ4n) is 4.97. The van der Waals surface area contributed by atoms with E-state index in [2.05, 4.69) is 31.1 Å². The van der Waals surface area contributed by atoms with Crippen LogP contribution in [0, 0.1) is 0 Å². The molecule has 2 fully saturated rings. The number of amides is 1. The van der Waals surface area contributed by atoms with E-state index < -0.39 is 0 Å². The number of carbonyl (C=O) groups excluding carboxylic acids is 1. The Bertz CT molecular complexity index is 1350. The van der Waals surface area contributed by atoms with Crippen molar-refractivity contribution in [2.24, 2.45) is 0 Å². The Labute approximate surface area is 201 Å². The van der Waals surface area contributed by atoms with Crippen LogP contribution in [0.5, 0.6) is 5.75 Å². The van der Waals surface area contributed by atoms with Crippen molar-refractivity contribution in [2.75, 3.05) is 26.2 Å². The Morgan fingerprint density at radius 3 is 2.74 bits per heavy atom. The van der Waals surface area contributed by atoms with Crippen LogP contribution in [-0.4, -0.2) is 77.8 Å². The first-order chi connectivity index (χ1) is 16.6. The van der Waals surface area contributed by atoms with Gasteiger partial charge in [-0.1, -0.05) is 11.6 Å². The van der Waals surface area contributed by atoms with Crippen molar-refractivity contribution >= 4 is 28.5 Å². The second-order valence-corrected chi connectivity index (χ2v) is 9.38. The first kappa shape index (κ1) is 21.1. The predicted octanol–water partition coefficient (Wildman–Crippen LogP) is 3.34. The number of nitrogens with one attached hydrogen (secondary N) is 1. The fraction of sp³-hybridized carbons (Fsp3) is 0.333. The van der Waals surface area contributed by atoms with Crippen molar-refractivity contribution in [1.29, 1.82) is 0 Å². The van der Waals surface area contributed by atoms with Crippen LogP contribution >= 0.6 is 11.6 Å². The van der Waals surface area contributed by atoms with Gasteiger partial charge in [0.05, 0.1) is 23.0 Å². The molecular formula is C24H24ClN7O2. The van der Waals surface area contributed by atoms with Gasteiger partial charge in [0.1, 0.15) is 17.7 Å². The maximum absolute atomic E-state index is 12.8. The molecule has 34 heavy (non-hydrogen) atoms. The molecule has 0 unspecified atom stereocenters. The van der Waals surface area contributed by atoms with E-state index in [-0.39, 0.29) is 16.7 Å². The molecule has 0 aliphatic carbocycles. The lowest BCUT2D eigenvalue weighted by atomic mass is 9.97. The number of hydrogen-bond acceptors (Lipinski definition) is 6. The third kappa shape index (κ3) is 3.70. The highest BCUT2D eigenvalue weighted by atomic mass is 35.5. The van der Waals surface area contributed by atoms with E-state index in [1.54, 1.807) is 12.4 Å². The summed E-state index contributed by atoms with van der Waals surface area (Å²) >= 11 is 5.97. The number of halogens is 1. The van der Waals surface area contributed by atoms with Crippen molar-refractivity contribution < 1.29 is 9.90 Å². The number of H-pyrrole nitrogens is 1. The third-order valence-corrected chi connectivity index (χ3v) is 7.26. The first-order valence-corrected chi connectivity index (χ1v) is 11.8. The topological polar surface area (TPSA) is 103 Å². The molecule has 1 amide bonds. The monoisotopic (exact) mass is 477 g/mol. The number of aromatic amines is 1. The Hall–Kier alpha value is -3.43. The van der Waals surface area contributed by atoms with E-state index in [1.165, 1.54) is 12.1 Å². The van der Waals surface area contributed by atoms with Crippen molar-refractivity contribution in [3.63, 3.8) is 0 Å². The molecule has 0 spiro atoms. The summed E-state index contributed by atoms with van der Waals surface area (Å²) in [5.41, 5.74) is 3.22. The largest absolute Gasteiger partial charge is 0.506 e. The van der Waals surface area contributed by atoms with E-state index in [9.17, 15) is 9.90 Å². The van der Waals surface area contributed by atoms with Gasteiger partial charge in [-0.05, 0) is 37.1 Å². The highest BCUT2D eigenvalue weighted by Crippen LogP contribution is 2.31. The van der Waals surface area contributed by atoms with E-state index >= 15 is 0 Å². The molecule has 4 aromatic rings. The minimum Gasteiger partial charge on any atom is -0.506 e. The minimum absolute atomic E-state index is 0.0108. The molecule has 3 aromatic heterocycles. The molecule has 6 rings (SSSR count). The lowest BCUT2D eigenvalue weighted by molar-refractivity contribution is 0.0198. The molecule has 10 heteroatoms. The molecule has 5 heterocycles. The van der Waals surface area contributed by atoms with Gasteiger partial charge >= 0.3 is 0 Å². The van der Waals surface area contributed by atoms with Crippen molar-refractivity contribution in [3.05, 3.63) is 59.8 Å². The number of piperidine rings is 1. The highest BCUT2D eigenvalue weighted by molar-refractivity contribution is 6.32. The van der Waals surface area contributed by atoms with E-state index in [0.29, 0.717) is 17.6 Å². The molecule has 0 bridgehead atoms. The van der Waals surface area contributed by atoms with Crippen LogP contribution in [0.1, 0.15) is 29.2 Å². The van der Waals surface area contributed by atoms with Crippen LogP contribution in [-0.2, 0) is 0 Å². The van der Waals surface area contributed by atoms with Crippen molar-refractivity contribution in [3.8, 4) is 17.0 Å². The Kier molecular flexibility index (Phi) is 5.23. The van der Waals surface area contributed by atoms with Crippen LogP contribution in [0.3, 0.4) is 0 Å². The first-order valence-electron chi connectivity index (χ1n) is 11.4. The minimum atomic E-state index is -0.0350. The molecule has 0 atom stereocenters. The smallest absolute Gasteiger partial charge is 0.253 e. The quantitative estimate of drug-likeness (QED) is 0.467.